The zero-order valence-corrected chi connectivity index (χ0v) is 18.7. The highest BCUT2D eigenvalue weighted by molar-refractivity contribution is 6.26. The molecule has 34 heavy (non-hydrogen) atoms. The summed E-state index contributed by atoms with van der Waals surface area (Å²) in [7, 11) is 1.26. The molecule has 2 heterocycles. The van der Waals surface area contributed by atoms with E-state index in [-0.39, 0.29) is 5.56 Å². The molecule has 0 aliphatic carbocycles. The highest BCUT2D eigenvalue weighted by Crippen LogP contribution is 2.49. The lowest BCUT2D eigenvalue weighted by molar-refractivity contribution is -0.137. The quantitative estimate of drug-likeness (QED) is 0.540. The summed E-state index contributed by atoms with van der Waals surface area (Å²) in [5.41, 5.74) is -0.251. The number of fused-ring (bicyclic) bond motifs is 2. The van der Waals surface area contributed by atoms with Crippen LogP contribution >= 0.6 is 0 Å². The first-order valence-corrected chi connectivity index (χ1v) is 10.8. The summed E-state index contributed by atoms with van der Waals surface area (Å²) in [6, 6.07) is 7.92. The molecule has 0 bridgehead atoms. The van der Waals surface area contributed by atoms with Gasteiger partial charge in [0.2, 0.25) is 5.91 Å². The second-order valence-electron chi connectivity index (χ2n) is 8.35. The van der Waals surface area contributed by atoms with E-state index in [1.807, 2.05) is 0 Å². The maximum Gasteiger partial charge on any atom is 0.416 e. The summed E-state index contributed by atoms with van der Waals surface area (Å²) in [4.78, 5) is 40.1. The van der Waals surface area contributed by atoms with Gasteiger partial charge >= 0.3 is 12.1 Å². The molecule has 1 saturated heterocycles. The van der Waals surface area contributed by atoms with Crippen LogP contribution in [0.2, 0.25) is 0 Å². The molecule has 1 N–H and O–H groups in total. The zero-order chi connectivity index (χ0) is 24.7. The van der Waals surface area contributed by atoms with Crippen LogP contribution in [0.25, 0.3) is 6.08 Å². The summed E-state index contributed by atoms with van der Waals surface area (Å²) in [5.74, 6) is -1.73. The van der Waals surface area contributed by atoms with Crippen LogP contribution in [0.3, 0.4) is 0 Å². The lowest BCUT2D eigenvalue weighted by atomic mass is 9.72. The molecule has 2 aliphatic heterocycles. The number of ether oxygens (including phenoxy) is 1. The Hall–Kier alpha value is -3.46. The van der Waals surface area contributed by atoms with E-state index in [9.17, 15) is 27.6 Å². The molecule has 0 aromatic heterocycles. The average Bonchev–Trinajstić information content (AvgIpc) is 3.05. The Labute approximate surface area is 194 Å². The van der Waals surface area contributed by atoms with Gasteiger partial charge in [-0.05, 0) is 73.8 Å². The van der Waals surface area contributed by atoms with Crippen molar-refractivity contribution in [3.8, 4) is 0 Å². The number of imide groups is 1. The molecule has 1 spiro atoms. The number of nitrogens with one attached hydrogen (secondary N) is 1. The molecular weight excluding hydrogens is 449 g/mol. The molecule has 1 fully saturated rings. The van der Waals surface area contributed by atoms with E-state index in [4.69, 9.17) is 4.74 Å². The number of carbonyl (C=O) groups is 3. The molecule has 6 nitrogen and oxygen atoms in total. The van der Waals surface area contributed by atoms with Gasteiger partial charge < -0.3 is 10.1 Å². The van der Waals surface area contributed by atoms with Gasteiger partial charge in [0.05, 0.1) is 29.3 Å². The molecule has 2 amide bonds. The number of carbonyl (C=O) groups excluding carboxylic acids is 3. The molecule has 2 aliphatic rings. The van der Waals surface area contributed by atoms with Gasteiger partial charge in [0.1, 0.15) is 0 Å². The number of amides is 2. The van der Waals surface area contributed by atoms with Crippen molar-refractivity contribution in [3.05, 3.63) is 70.3 Å². The predicted octanol–water partition coefficient (Wildman–Crippen LogP) is 4.01. The first-order valence-electron chi connectivity index (χ1n) is 10.8. The third-order valence-corrected chi connectivity index (χ3v) is 6.53. The van der Waals surface area contributed by atoms with E-state index in [0.717, 1.165) is 23.1 Å². The van der Waals surface area contributed by atoms with Gasteiger partial charge in [0.15, 0.2) is 0 Å². The van der Waals surface area contributed by atoms with Gasteiger partial charge in [0, 0.05) is 6.08 Å². The zero-order valence-electron chi connectivity index (χ0n) is 18.7. The van der Waals surface area contributed by atoms with Gasteiger partial charge in [0.25, 0.3) is 5.91 Å². The number of benzene rings is 2. The monoisotopic (exact) mass is 472 g/mol. The maximum absolute atomic E-state index is 13.7. The average molecular weight is 472 g/mol. The van der Waals surface area contributed by atoms with Crippen LogP contribution in [-0.4, -0.2) is 38.0 Å². The molecule has 4 rings (SSSR count). The second-order valence-corrected chi connectivity index (χ2v) is 8.35. The first-order chi connectivity index (χ1) is 16.1. The Morgan fingerprint density at radius 1 is 1.12 bits per heavy atom. The van der Waals surface area contributed by atoms with Gasteiger partial charge in [-0.15, -0.1) is 0 Å². The highest BCUT2D eigenvalue weighted by Gasteiger charge is 2.54. The smallest absolute Gasteiger partial charge is 0.416 e. The van der Waals surface area contributed by atoms with Crippen molar-refractivity contribution in [2.24, 2.45) is 0 Å². The van der Waals surface area contributed by atoms with Crippen molar-refractivity contribution in [1.29, 1.82) is 0 Å². The molecule has 2 aromatic carbocycles. The minimum atomic E-state index is -4.58. The summed E-state index contributed by atoms with van der Waals surface area (Å²) in [6.07, 6.45) is -1.68. The standard InChI is InChI=1S/C25H23F3N2O4/c1-15-17(22(32)34-2)8-9-19-21(15)24(11-13-29-14-12-24)23(33)30(19)20(31)10-7-16-5-3-4-6-18(16)25(26,27)28/h3-10,29H,11-14H2,1-2H3. The Morgan fingerprint density at radius 3 is 2.44 bits per heavy atom. The number of nitrogens with zero attached hydrogens (tertiary/aromatic N) is 1. The number of anilines is 1. The van der Waals surface area contributed by atoms with E-state index in [2.05, 4.69) is 5.32 Å². The number of halogens is 3. The third-order valence-electron chi connectivity index (χ3n) is 6.53. The molecule has 0 unspecified atom stereocenters. The minimum absolute atomic E-state index is 0.177. The van der Waals surface area contributed by atoms with E-state index in [1.54, 1.807) is 6.92 Å². The molecule has 0 atom stereocenters. The van der Waals surface area contributed by atoms with E-state index in [1.165, 1.54) is 37.4 Å². The lowest BCUT2D eigenvalue weighted by Gasteiger charge is -2.33. The van der Waals surface area contributed by atoms with Crippen molar-refractivity contribution in [2.75, 3.05) is 25.1 Å². The second kappa shape index (κ2) is 8.72. The van der Waals surface area contributed by atoms with Crippen molar-refractivity contribution in [2.45, 2.75) is 31.4 Å². The van der Waals surface area contributed by atoms with Crippen molar-refractivity contribution in [3.63, 3.8) is 0 Å². The summed E-state index contributed by atoms with van der Waals surface area (Å²) in [6.45, 7) is 2.80. The van der Waals surface area contributed by atoms with Crippen LogP contribution in [-0.2, 0) is 25.9 Å². The fraction of sp³-hybridized carbons (Fsp3) is 0.320. The maximum atomic E-state index is 13.7. The number of hydrogen-bond acceptors (Lipinski definition) is 5. The van der Waals surface area contributed by atoms with Crippen LogP contribution < -0.4 is 10.2 Å². The van der Waals surface area contributed by atoms with Gasteiger partial charge in [-0.3, -0.25) is 9.59 Å². The van der Waals surface area contributed by atoms with Gasteiger partial charge in [-0.2, -0.15) is 13.2 Å². The minimum Gasteiger partial charge on any atom is -0.465 e. The number of hydrogen-bond donors (Lipinski definition) is 1. The Morgan fingerprint density at radius 2 is 1.79 bits per heavy atom. The fourth-order valence-corrected chi connectivity index (χ4v) is 4.92. The Kier molecular flexibility index (Phi) is 6.07. The lowest BCUT2D eigenvalue weighted by Crippen LogP contribution is -2.48. The number of rotatable bonds is 3. The summed E-state index contributed by atoms with van der Waals surface area (Å²) < 4.78 is 44.8. The highest BCUT2D eigenvalue weighted by atomic mass is 19.4. The number of esters is 1. The Balaban J connectivity index is 1.78. The van der Waals surface area contributed by atoms with E-state index < -0.39 is 34.9 Å². The Bertz CT molecular complexity index is 1200. The third kappa shape index (κ3) is 3.79. The molecule has 0 radical (unpaired) electrons. The van der Waals surface area contributed by atoms with Crippen LogP contribution in [0.5, 0.6) is 0 Å². The topological polar surface area (TPSA) is 75.7 Å². The summed E-state index contributed by atoms with van der Waals surface area (Å²) >= 11 is 0. The molecule has 9 heteroatoms. The van der Waals surface area contributed by atoms with Crippen LogP contribution in [0.15, 0.2) is 42.5 Å². The molecular formula is C25H23F3N2O4. The van der Waals surface area contributed by atoms with Crippen molar-refractivity contribution >= 4 is 29.5 Å². The summed E-state index contributed by atoms with van der Waals surface area (Å²) in [5, 5.41) is 3.20. The number of piperidine rings is 1. The normalized spacial score (nSPS) is 17.3. The van der Waals surface area contributed by atoms with Crippen molar-refractivity contribution in [1.82, 2.24) is 5.32 Å². The largest absolute Gasteiger partial charge is 0.465 e. The predicted molar refractivity (Wildman–Crippen MR) is 119 cm³/mol. The van der Waals surface area contributed by atoms with Crippen LogP contribution in [0.4, 0.5) is 18.9 Å². The van der Waals surface area contributed by atoms with Gasteiger partial charge in [-0.25, -0.2) is 9.69 Å². The fourth-order valence-electron chi connectivity index (χ4n) is 4.92. The molecule has 2 aromatic rings. The molecule has 0 saturated carbocycles. The first kappa shape index (κ1) is 23.7. The SMILES string of the molecule is COC(=O)c1ccc2c(c1C)C1(CCNCC1)C(=O)N2C(=O)C=Cc1ccccc1C(F)(F)F. The number of methoxy groups -OCH3 is 1. The van der Waals surface area contributed by atoms with E-state index >= 15 is 0 Å². The molecule has 178 valence electrons. The number of alkyl halides is 3. The van der Waals surface area contributed by atoms with E-state index in [0.29, 0.717) is 48.3 Å². The van der Waals surface area contributed by atoms with Crippen LogP contribution in [0, 0.1) is 6.92 Å². The van der Waals surface area contributed by atoms with Gasteiger partial charge in [-0.1, -0.05) is 18.2 Å². The van der Waals surface area contributed by atoms with Crippen LogP contribution in [0.1, 0.15) is 45.5 Å². The van der Waals surface area contributed by atoms with Crippen molar-refractivity contribution < 1.29 is 32.3 Å².